The predicted octanol–water partition coefficient (Wildman–Crippen LogP) is 3.33. The molecule has 0 aliphatic carbocycles. The first kappa shape index (κ1) is 18.1. The molecule has 0 radical (unpaired) electrons. The zero-order valence-corrected chi connectivity index (χ0v) is 14.8. The zero-order valence-electron chi connectivity index (χ0n) is 14.0. The fourth-order valence-electron chi connectivity index (χ4n) is 2.21. The molecular weight excluding hydrogens is 326 g/mol. The van der Waals surface area contributed by atoms with Crippen LogP contribution in [0.2, 0.25) is 0 Å². The zero-order chi connectivity index (χ0) is 17.5. The van der Waals surface area contributed by atoms with E-state index in [1.807, 2.05) is 37.4 Å². The summed E-state index contributed by atoms with van der Waals surface area (Å²) in [6, 6.07) is 9.11. The smallest absolute Gasteiger partial charge is 0.224 e. The molecule has 0 aliphatic heterocycles. The number of amides is 2. The van der Waals surface area contributed by atoms with Crippen LogP contribution in [0.4, 0.5) is 5.69 Å². The van der Waals surface area contributed by atoms with E-state index in [-0.39, 0.29) is 30.7 Å². The van der Waals surface area contributed by atoms with Crippen LogP contribution in [0.5, 0.6) is 0 Å². The van der Waals surface area contributed by atoms with Gasteiger partial charge in [-0.05, 0) is 25.3 Å². The van der Waals surface area contributed by atoms with E-state index in [2.05, 4.69) is 10.5 Å². The molecule has 2 rings (SSSR count). The molecule has 1 unspecified atom stereocenters. The topological polar surface area (TPSA) is 75.4 Å². The van der Waals surface area contributed by atoms with Crippen LogP contribution in [0.15, 0.2) is 46.0 Å². The van der Waals surface area contributed by atoms with Gasteiger partial charge in [-0.15, -0.1) is 11.8 Å². The summed E-state index contributed by atoms with van der Waals surface area (Å²) in [5.74, 6) is -0.286. The van der Waals surface area contributed by atoms with Crippen LogP contribution >= 0.6 is 11.8 Å². The average molecular weight is 347 g/mol. The third kappa shape index (κ3) is 4.61. The second kappa shape index (κ2) is 8.54. The van der Waals surface area contributed by atoms with Gasteiger partial charge in [0.25, 0.3) is 0 Å². The first-order valence-electron chi connectivity index (χ1n) is 7.61. The van der Waals surface area contributed by atoms with E-state index in [9.17, 15) is 9.59 Å². The van der Waals surface area contributed by atoms with Crippen LogP contribution < -0.4 is 5.32 Å². The number of carbonyl (C=O) groups excluding carboxylic acids is 2. The number of hydrogen-bond donors (Lipinski definition) is 1. The van der Waals surface area contributed by atoms with E-state index in [0.717, 1.165) is 10.6 Å². The first-order valence-corrected chi connectivity index (χ1v) is 8.84. The van der Waals surface area contributed by atoms with Gasteiger partial charge in [0.15, 0.2) is 0 Å². The Morgan fingerprint density at radius 3 is 2.71 bits per heavy atom. The van der Waals surface area contributed by atoms with Crippen LogP contribution in [-0.2, 0) is 9.59 Å². The van der Waals surface area contributed by atoms with Gasteiger partial charge in [0, 0.05) is 30.9 Å². The minimum absolute atomic E-state index is 0.112. The number of nitrogens with one attached hydrogen (secondary N) is 1. The molecule has 0 fully saturated rings. The third-order valence-electron chi connectivity index (χ3n) is 3.81. The molecule has 0 saturated heterocycles. The maximum absolute atomic E-state index is 12.2. The summed E-state index contributed by atoms with van der Waals surface area (Å²) < 4.78 is 4.80. The monoisotopic (exact) mass is 347 g/mol. The lowest BCUT2D eigenvalue weighted by Crippen LogP contribution is -2.30. The molecule has 0 spiro atoms. The lowest BCUT2D eigenvalue weighted by atomic mass is 10.2. The van der Waals surface area contributed by atoms with Gasteiger partial charge in [-0.2, -0.15) is 0 Å². The molecule has 1 heterocycles. The van der Waals surface area contributed by atoms with Gasteiger partial charge in [-0.3, -0.25) is 9.59 Å². The van der Waals surface area contributed by atoms with Gasteiger partial charge in [0.2, 0.25) is 11.8 Å². The van der Waals surface area contributed by atoms with Crippen molar-refractivity contribution >= 4 is 29.3 Å². The van der Waals surface area contributed by atoms with Crippen LogP contribution in [0.3, 0.4) is 0 Å². The average Bonchev–Trinajstić information content (AvgIpc) is 3.13. The van der Waals surface area contributed by atoms with Crippen LogP contribution in [0.1, 0.15) is 31.5 Å². The molecule has 1 N–H and O–H groups in total. The van der Waals surface area contributed by atoms with E-state index >= 15 is 0 Å². The van der Waals surface area contributed by atoms with Crippen LogP contribution in [0.25, 0.3) is 0 Å². The highest BCUT2D eigenvalue weighted by Gasteiger charge is 2.20. The highest BCUT2D eigenvalue weighted by atomic mass is 32.2. The molecule has 7 heteroatoms. The Labute approximate surface area is 145 Å². The Balaban J connectivity index is 1.86. The number of thioether (sulfide) groups is 1. The number of hydrogen-bond acceptors (Lipinski definition) is 5. The lowest BCUT2D eigenvalue weighted by molar-refractivity contribution is -0.133. The lowest BCUT2D eigenvalue weighted by Gasteiger charge is -2.23. The molecule has 0 bridgehead atoms. The number of benzene rings is 1. The summed E-state index contributed by atoms with van der Waals surface area (Å²) in [4.78, 5) is 26.9. The summed E-state index contributed by atoms with van der Waals surface area (Å²) >= 11 is 1.56. The van der Waals surface area contributed by atoms with Gasteiger partial charge < -0.3 is 14.7 Å². The predicted molar refractivity (Wildman–Crippen MR) is 93.8 cm³/mol. The quantitative estimate of drug-likeness (QED) is 0.778. The number of carbonyl (C=O) groups is 2. The highest BCUT2D eigenvalue weighted by molar-refractivity contribution is 7.98. The summed E-state index contributed by atoms with van der Waals surface area (Å²) in [6.07, 6.45) is 3.71. The van der Waals surface area contributed by atoms with Crippen molar-refractivity contribution < 1.29 is 14.1 Å². The molecule has 1 aromatic heterocycles. The molecule has 0 aliphatic rings. The minimum Gasteiger partial charge on any atom is -0.364 e. The Bertz CT molecular complexity index is 688. The second-order valence-electron chi connectivity index (χ2n) is 5.35. The third-order valence-corrected chi connectivity index (χ3v) is 4.60. The van der Waals surface area contributed by atoms with Gasteiger partial charge in [-0.25, -0.2) is 0 Å². The number of aromatic nitrogens is 1. The van der Waals surface area contributed by atoms with E-state index in [1.54, 1.807) is 29.8 Å². The van der Waals surface area contributed by atoms with Crippen molar-refractivity contribution in [2.45, 2.75) is 30.7 Å². The molecule has 1 aromatic carbocycles. The number of anilines is 1. The SMILES string of the molecule is CSc1ccccc1NC(=O)CCC(=O)N(C)C(C)c1ccon1. The fraction of sp³-hybridized carbons (Fsp3) is 0.353. The molecule has 0 saturated carbocycles. The van der Waals surface area contributed by atoms with Crippen molar-refractivity contribution in [3.63, 3.8) is 0 Å². The van der Waals surface area contributed by atoms with E-state index in [1.165, 1.54) is 6.26 Å². The van der Waals surface area contributed by atoms with E-state index in [4.69, 9.17) is 4.52 Å². The summed E-state index contributed by atoms with van der Waals surface area (Å²) in [7, 11) is 1.70. The minimum atomic E-state index is -0.198. The Hall–Kier alpha value is -2.28. The molecule has 1 atom stereocenters. The summed E-state index contributed by atoms with van der Waals surface area (Å²) in [6.45, 7) is 1.87. The Morgan fingerprint density at radius 2 is 2.04 bits per heavy atom. The van der Waals surface area contributed by atoms with Gasteiger partial charge in [0.1, 0.15) is 12.0 Å². The first-order chi connectivity index (χ1) is 11.5. The van der Waals surface area contributed by atoms with Gasteiger partial charge in [0.05, 0.1) is 11.7 Å². The molecule has 128 valence electrons. The molecule has 2 amide bonds. The summed E-state index contributed by atoms with van der Waals surface area (Å²) in [5, 5.41) is 6.69. The maximum Gasteiger partial charge on any atom is 0.224 e. The van der Waals surface area contributed by atoms with Crippen LogP contribution in [0, 0.1) is 0 Å². The van der Waals surface area contributed by atoms with Crippen molar-refractivity contribution in [3.05, 3.63) is 42.3 Å². The normalized spacial score (nSPS) is 11.8. The van der Waals surface area contributed by atoms with Crippen molar-refractivity contribution in [2.24, 2.45) is 0 Å². The molecular formula is C17H21N3O3S. The Kier molecular flexibility index (Phi) is 6.43. The summed E-state index contributed by atoms with van der Waals surface area (Å²) in [5.41, 5.74) is 1.45. The van der Waals surface area contributed by atoms with Crippen molar-refractivity contribution in [1.29, 1.82) is 0 Å². The largest absolute Gasteiger partial charge is 0.364 e. The molecule has 6 nitrogen and oxygen atoms in total. The van der Waals surface area contributed by atoms with Crippen LogP contribution in [-0.4, -0.2) is 35.2 Å². The van der Waals surface area contributed by atoms with Crippen molar-refractivity contribution in [2.75, 3.05) is 18.6 Å². The van der Waals surface area contributed by atoms with E-state index in [0.29, 0.717) is 5.69 Å². The second-order valence-corrected chi connectivity index (χ2v) is 6.20. The number of para-hydroxylation sites is 1. The van der Waals surface area contributed by atoms with Crippen molar-refractivity contribution in [1.82, 2.24) is 10.1 Å². The van der Waals surface area contributed by atoms with Crippen molar-refractivity contribution in [3.8, 4) is 0 Å². The van der Waals surface area contributed by atoms with Gasteiger partial charge >= 0.3 is 0 Å². The molecule has 24 heavy (non-hydrogen) atoms. The standard InChI is InChI=1S/C17H21N3O3S/c1-12(13-10-11-23-19-13)20(2)17(22)9-8-16(21)18-14-6-4-5-7-15(14)24-3/h4-7,10-12H,8-9H2,1-3H3,(H,18,21). The fourth-order valence-corrected chi connectivity index (χ4v) is 2.76. The van der Waals surface area contributed by atoms with Gasteiger partial charge in [-0.1, -0.05) is 17.3 Å². The number of rotatable bonds is 7. The Morgan fingerprint density at radius 1 is 1.29 bits per heavy atom. The highest BCUT2D eigenvalue weighted by Crippen LogP contribution is 2.25. The van der Waals surface area contributed by atoms with E-state index < -0.39 is 0 Å². The number of nitrogens with zero attached hydrogens (tertiary/aromatic N) is 2. The maximum atomic E-state index is 12.2. The molecule has 2 aromatic rings.